The summed E-state index contributed by atoms with van der Waals surface area (Å²) in [4.78, 5) is 20.8. The number of carbonyl (C=O) groups excluding carboxylic acids is 1. The summed E-state index contributed by atoms with van der Waals surface area (Å²) in [5, 5.41) is 0. The highest BCUT2D eigenvalue weighted by Gasteiger charge is 2.37. The zero-order chi connectivity index (χ0) is 16.9. The Morgan fingerprint density at radius 2 is 1.79 bits per heavy atom. The van der Waals surface area contributed by atoms with Crippen molar-refractivity contribution in [1.82, 2.24) is 14.7 Å². The van der Waals surface area contributed by atoms with Crippen LogP contribution in [0.5, 0.6) is 0 Å². The smallest absolute Gasteiger partial charge is 0.240 e. The number of nitrogens with zero attached hydrogens (tertiary/aromatic N) is 3. The van der Waals surface area contributed by atoms with E-state index in [1.54, 1.807) is 0 Å². The second-order valence-electron chi connectivity index (χ2n) is 6.97. The average molecular weight is 348 g/mol. The molecule has 0 aliphatic carbocycles. The summed E-state index contributed by atoms with van der Waals surface area (Å²) in [6.07, 6.45) is 1.00. The second-order valence-corrected chi connectivity index (χ2v) is 8.14. The number of piperazine rings is 1. The zero-order valence-electron chi connectivity index (χ0n) is 14.9. The van der Waals surface area contributed by atoms with E-state index in [4.69, 9.17) is 0 Å². The molecular weight excluding hydrogens is 318 g/mol. The summed E-state index contributed by atoms with van der Waals surface area (Å²) >= 11 is 1.93. The lowest BCUT2D eigenvalue weighted by Gasteiger charge is -2.37. The average Bonchev–Trinajstić information content (AvgIpc) is 2.98. The minimum Gasteiger partial charge on any atom is -0.339 e. The summed E-state index contributed by atoms with van der Waals surface area (Å²) < 4.78 is 0. The SMILES string of the molecule is CC(C)N1CCC(N2CCN(CCSc3ccccc3)CC2)C1=O. The van der Waals surface area contributed by atoms with Gasteiger partial charge in [-0.2, -0.15) is 0 Å². The Morgan fingerprint density at radius 1 is 1.08 bits per heavy atom. The van der Waals surface area contributed by atoms with Crippen molar-refractivity contribution in [2.45, 2.75) is 37.2 Å². The predicted molar refractivity (Wildman–Crippen MR) is 100 cm³/mol. The fourth-order valence-electron chi connectivity index (χ4n) is 3.65. The highest BCUT2D eigenvalue weighted by molar-refractivity contribution is 7.99. The molecule has 1 atom stereocenters. The van der Waals surface area contributed by atoms with Crippen molar-refractivity contribution < 1.29 is 4.79 Å². The summed E-state index contributed by atoms with van der Waals surface area (Å²) in [7, 11) is 0. The number of rotatable bonds is 6. The first-order valence-electron chi connectivity index (χ1n) is 9.10. The Hall–Kier alpha value is -1.04. The monoisotopic (exact) mass is 347 g/mol. The minimum absolute atomic E-state index is 0.133. The van der Waals surface area contributed by atoms with Crippen LogP contribution >= 0.6 is 11.8 Å². The minimum atomic E-state index is 0.133. The van der Waals surface area contributed by atoms with Gasteiger partial charge in [-0.3, -0.25) is 14.6 Å². The summed E-state index contributed by atoms with van der Waals surface area (Å²) in [5.74, 6) is 1.48. The van der Waals surface area contributed by atoms with Crippen LogP contribution in [0.25, 0.3) is 0 Å². The molecule has 2 aliphatic heterocycles. The molecule has 132 valence electrons. The standard InChI is InChI=1S/C19H29N3OS/c1-16(2)22-9-8-18(19(22)23)21-12-10-20(11-13-21)14-15-24-17-6-4-3-5-7-17/h3-7,16,18H,8-15H2,1-2H3. The van der Waals surface area contributed by atoms with Gasteiger partial charge in [-0.25, -0.2) is 0 Å². The third kappa shape index (κ3) is 4.32. The van der Waals surface area contributed by atoms with Crippen molar-refractivity contribution >= 4 is 17.7 Å². The molecule has 0 radical (unpaired) electrons. The molecule has 2 aliphatic rings. The first-order valence-corrected chi connectivity index (χ1v) is 10.1. The molecule has 0 bridgehead atoms. The van der Waals surface area contributed by atoms with Gasteiger partial charge in [-0.1, -0.05) is 18.2 Å². The van der Waals surface area contributed by atoms with Crippen molar-refractivity contribution in [1.29, 1.82) is 0 Å². The van der Waals surface area contributed by atoms with Crippen LogP contribution in [-0.4, -0.2) is 77.7 Å². The van der Waals surface area contributed by atoms with E-state index in [2.05, 4.69) is 54.0 Å². The largest absolute Gasteiger partial charge is 0.339 e. The van der Waals surface area contributed by atoms with E-state index in [0.717, 1.165) is 51.4 Å². The van der Waals surface area contributed by atoms with E-state index in [1.807, 2.05) is 16.7 Å². The van der Waals surface area contributed by atoms with Crippen LogP contribution in [0.4, 0.5) is 0 Å². The Kier molecular flexibility index (Phi) is 6.19. The number of benzene rings is 1. The second kappa shape index (κ2) is 8.37. The van der Waals surface area contributed by atoms with Crippen LogP contribution in [0.2, 0.25) is 0 Å². The van der Waals surface area contributed by atoms with E-state index in [9.17, 15) is 4.79 Å². The van der Waals surface area contributed by atoms with Crippen molar-refractivity contribution in [3.63, 3.8) is 0 Å². The van der Waals surface area contributed by atoms with Crippen molar-refractivity contribution in [3.8, 4) is 0 Å². The Labute approximate surface area is 150 Å². The van der Waals surface area contributed by atoms with Gasteiger partial charge in [0.15, 0.2) is 0 Å². The first kappa shape index (κ1) is 17.8. The molecule has 24 heavy (non-hydrogen) atoms. The van der Waals surface area contributed by atoms with Crippen LogP contribution in [0, 0.1) is 0 Å². The molecule has 1 amide bonds. The maximum absolute atomic E-state index is 12.5. The Balaban J connectivity index is 1.39. The predicted octanol–water partition coefficient (Wildman–Crippen LogP) is 2.41. The van der Waals surface area contributed by atoms with Gasteiger partial charge in [-0.05, 0) is 32.4 Å². The fraction of sp³-hybridized carbons (Fsp3) is 0.632. The highest BCUT2D eigenvalue weighted by Crippen LogP contribution is 2.21. The van der Waals surface area contributed by atoms with Crippen LogP contribution in [0.15, 0.2) is 35.2 Å². The van der Waals surface area contributed by atoms with Crippen molar-refractivity contribution in [2.75, 3.05) is 45.0 Å². The lowest BCUT2D eigenvalue weighted by Crippen LogP contribution is -2.53. The van der Waals surface area contributed by atoms with Gasteiger partial charge in [0.2, 0.25) is 5.91 Å². The van der Waals surface area contributed by atoms with Crippen LogP contribution in [-0.2, 0) is 4.79 Å². The summed E-state index contributed by atoms with van der Waals surface area (Å²) in [6, 6.07) is 11.1. The highest BCUT2D eigenvalue weighted by atomic mass is 32.2. The third-order valence-corrected chi connectivity index (χ3v) is 6.09. The first-order chi connectivity index (χ1) is 11.6. The van der Waals surface area contributed by atoms with E-state index < -0.39 is 0 Å². The molecule has 2 heterocycles. The van der Waals surface area contributed by atoms with Crippen LogP contribution in [0.3, 0.4) is 0 Å². The van der Waals surface area contributed by atoms with E-state index >= 15 is 0 Å². The van der Waals surface area contributed by atoms with E-state index in [-0.39, 0.29) is 6.04 Å². The number of hydrogen-bond donors (Lipinski definition) is 0. The van der Waals surface area contributed by atoms with Gasteiger partial charge < -0.3 is 4.90 Å². The molecule has 1 aromatic rings. The molecule has 0 spiro atoms. The molecule has 2 saturated heterocycles. The third-order valence-electron chi connectivity index (χ3n) is 5.10. The fourth-order valence-corrected chi connectivity index (χ4v) is 4.58. The Bertz CT molecular complexity index is 529. The van der Waals surface area contributed by atoms with Gasteiger partial charge in [-0.15, -0.1) is 11.8 Å². The number of likely N-dealkylation sites (tertiary alicyclic amines) is 1. The van der Waals surface area contributed by atoms with Crippen molar-refractivity contribution in [3.05, 3.63) is 30.3 Å². The lowest BCUT2D eigenvalue weighted by atomic mass is 10.2. The van der Waals surface area contributed by atoms with Gasteiger partial charge in [0.25, 0.3) is 0 Å². The lowest BCUT2D eigenvalue weighted by molar-refractivity contribution is -0.134. The maximum Gasteiger partial charge on any atom is 0.240 e. The molecular formula is C19H29N3OS. The number of thioether (sulfide) groups is 1. The molecule has 5 heteroatoms. The molecule has 4 nitrogen and oxygen atoms in total. The summed E-state index contributed by atoms with van der Waals surface area (Å²) in [6.45, 7) is 10.5. The van der Waals surface area contributed by atoms with Gasteiger partial charge >= 0.3 is 0 Å². The topological polar surface area (TPSA) is 26.8 Å². The number of carbonyl (C=O) groups is 1. The Morgan fingerprint density at radius 3 is 2.42 bits per heavy atom. The molecule has 0 N–H and O–H groups in total. The normalized spacial score (nSPS) is 23.4. The molecule has 1 unspecified atom stereocenters. The molecule has 2 fully saturated rings. The van der Waals surface area contributed by atoms with Crippen LogP contribution < -0.4 is 0 Å². The van der Waals surface area contributed by atoms with Gasteiger partial charge in [0.1, 0.15) is 0 Å². The van der Waals surface area contributed by atoms with Crippen molar-refractivity contribution in [2.24, 2.45) is 0 Å². The molecule has 0 aromatic heterocycles. The molecule has 3 rings (SSSR count). The van der Waals surface area contributed by atoms with Gasteiger partial charge in [0, 0.05) is 56.0 Å². The quantitative estimate of drug-likeness (QED) is 0.739. The molecule has 0 saturated carbocycles. The number of amides is 1. The number of hydrogen-bond acceptors (Lipinski definition) is 4. The zero-order valence-corrected chi connectivity index (χ0v) is 15.7. The summed E-state index contributed by atoms with van der Waals surface area (Å²) in [5.41, 5.74) is 0. The molecule has 1 aromatic carbocycles. The van der Waals surface area contributed by atoms with E-state index in [0.29, 0.717) is 11.9 Å². The van der Waals surface area contributed by atoms with E-state index in [1.165, 1.54) is 4.90 Å². The van der Waals surface area contributed by atoms with Crippen LogP contribution in [0.1, 0.15) is 20.3 Å². The van der Waals surface area contributed by atoms with Gasteiger partial charge in [0.05, 0.1) is 6.04 Å². The maximum atomic E-state index is 12.5.